The van der Waals surface area contributed by atoms with Gasteiger partial charge in [-0.3, -0.25) is 14.6 Å². The van der Waals surface area contributed by atoms with Crippen LogP contribution in [-0.4, -0.2) is 38.7 Å². The van der Waals surface area contributed by atoms with Crippen LogP contribution in [0.15, 0.2) is 53.1 Å². The first-order valence-electron chi connectivity index (χ1n) is 9.12. The number of carbonyl (C=O) groups is 2. The molecule has 7 heteroatoms. The van der Waals surface area contributed by atoms with E-state index < -0.39 is 5.97 Å². The lowest BCUT2D eigenvalue weighted by Crippen LogP contribution is -2.51. The Morgan fingerprint density at radius 1 is 1.29 bits per heavy atom. The van der Waals surface area contributed by atoms with Crippen molar-refractivity contribution in [1.29, 1.82) is 0 Å². The monoisotopic (exact) mass is 410 g/mol. The van der Waals surface area contributed by atoms with E-state index in [1.165, 1.54) is 32.7 Å². The van der Waals surface area contributed by atoms with Crippen LogP contribution in [0.1, 0.15) is 20.9 Å². The fourth-order valence-corrected chi connectivity index (χ4v) is 6.12. The van der Waals surface area contributed by atoms with Gasteiger partial charge in [0.15, 0.2) is 0 Å². The standard InChI is InChI=1S/C21H18N2O3S2/c24-19-16(20-23(19)17(12-27-20)21(25)26)9-15-8-14-11-22(7-6-18(14)28-15)10-13-4-2-1-3-5-13/h1-5,8-9,12,20H,6-7,10-11H2,(H,25,26)/t20-/m1/s1. The molecule has 0 unspecified atom stereocenters. The lowest BCUT2D eigenvalue weighted by molar-refractivity contribution is -0.141. The van der Waals surface area contributed by atoms with Gasteiger partial charge in [-0.25, -0.2) is 4.79 Å². The Hall–Kier alpha value is -2.35. The molecule has 5 nitrogen and oxygen atoms in total. The smallest absolute Gasteiger partial charge is 0.353 e. The lowest BCUT2D eigenvalue weighted by Gasteiger charge is -2.37. The number of amides is 1. The van der Waals surface area contributed by atoms with Crippen molar-refractivity contribution < 1.29 is 14.7 Å². The van der Waals surface area contributed by atoms with Crippen molar-refractivity contribution in [2.45, 2.75) is 24.9 Å². The Labute approximate surface area is 171 Å². The van der Waals surface area contributed by atoms with Gasteiger partial charge in [-0.05, 0) is 29.7 Å². The topological polar surface area (TPSA) is 60.9 Å². The van der Waals surface area contributed by atoms with E-state index in [0.29, 0.717) is 5.57 Å². The summed E-state index contributed by atoms with van der Waals surface area (Å²) >= 11 is 3.13. The third-order valence-corrected chi connectivity index (χ3v) is 7.53. The quantitative estimate of drug-likeness (QED) is 0.617. The van der Waals surface area contributed by atoms with Crippen molar-refractivity contribution in [3.63, 3.8) is 0 Å². The summed E-state index contributed by atoms with van der Waals surface area (Å²) in [5.41, 5.74) is 3.44. The van der Waals surface area contributed by atoms with Gasteiger partial charge >= 0.3 is 5.97 Å². The molecule has 4 heterocycles. The van der Waals surface area contributed by atoms with E-state index in [2.05, 4.69) is 35.2 Å². The van der Waals surface area contributed by atoms with Gasteiger partial charge < -0.3 is 5.11 Å². The maximum atomic E-state index is 12.4. The number of aliphatic carboxylic acids is 1. The maximum Gasteiger partial charge on any atom is 0.353 e. The lowest BCUT2D eigenvalue weighted by atomic mass is 10.0. The van der Waals surface area contributed by atoms with Gasteiger partial charge in [0.2, 0.25) is 0 Å². The third kappa shape index (κ3) is 2.99. The number of carbonyl (C=O) groups excluding carboxylic acids is 1. The van der Waals surface area contributed by atoms with E-state index in [1.54, 1.807) is 16.7 Å². The zero-order valence-electron chi connectivity index (χ0n) is 15.0. The number of carboxylic acid groups (broad SMARTS) is 1. The summed E-state index contributed by atoms with van der Waals surface area (Å²) in [7, 11) is 0. The van der Waals surface area contributed by atoms with Gasteiger partial charge in [0.1, 0.15) is 11.1 Å². The predicted octanol–water partition coefficient (Wildman–Crippen LogP) is 3.53. The number of hydrogen-bond donors (Lipinski definition) is 1. The minimum atomic E-state index is -1.05. The fraction of sp³-hybridized carbons (Fsp3) is 0.238. The van der Waals surface area contributed by atoms with E-state index in [1.807, 2.05) is 12.1 Å². The molecule has 1 amide bonds. The van der Waals surface area contributed by atoms with Crippen LogP contribution in [0.4, 0.5) is 0 Å². The first-order chi connectivity index (χ1) is 13.6. The average Bonchev–Trinajstić information content (AvgIpc) is 3.28. The fourth-order valence-electron chi connectivity index (χ4n) is 3.88. The van der Waals surface area contributed by atoms with Gasteiger partial charge in [-0.1, -0.05) is 30.3 Å². The van der Waals surface area contributed by atoms with Crippen LogP contribution in [0.5, 0.6) is 0 Å². The molecule has 2 aromatic rings. The van der Waals surface area contributed by atoms with Crippen LogP contribution in [0, 0.1) is 0 Å². The number of rotatable bonds is 4. The zero-order chi connectivity index (χ0) is 19.3. The number of thiophene rings is 1. The highest BCUT2D eigenvalue weighted by Crippen LogP contribution is 2.45. The molecular weight excluding hydrogens is 392 g/mol. The number of thioether (sulfide) groups is 1. The molecule has 1 aromatic carbocycles. The average molecular weight is 411 g/mol. The van der Waals surface area contributed by atoms with Crippen LogP contribution in [-0.2, 0) is 29.1 Å². The molecule has 142 valence electrons. The third-order valence-electron chi connectivity index (χ3n) is 5.27. The first kappa shape index (κ1) is 17.7. The molecule has 1 fully saturated rings. The molecule has 1 saturated heterocycles. The van der Waals surface area contributed by atoms with E-state index >= 15 is 0 Å². The number of carboxylic acids is 1. The van der Waals surface area contributed by atoms with Crippen molar-refractivity contribution in [2.24, 2.45) is 0 Å². The molecule has 5 rings (SSSR count). The highest BCUT2D eigenvalue weighted by atomic mass is 32.2. The van der Waals surface area contributed by atoms with Crippen molar-refractivity contribution in [2.75, 3.05) is 6.54 Å². The van der Waals surface area contributed by atoms with Crippen molar-refractivity contribution in [3.05, 3.63) is 74.0 Å². The molecular formula is C21H18N2O3S2. The summed E-state index contributed by atoms with van der Waals surface area (Å²) < 4.78 is 0. The molecule has 3 aliphatic rings. The number of nitrogens with zero attached hydrogens (tertiary/aromatic N) is 2. The molecule has 1 atom stereocenters. The molecule has 3 aliphatic heterocycles. The molecule has 1 N–H and O–H groups in total. The van der Waals surface area contributed by atoms with E-state index in [4.69, 9.17) is 0 Å². The molecule has 0 radical (unpaired) electrons. The van der Waals surface area contributed by atoms with Crippen molar-refractivity contribution in [3.8, 4) is 0 Å². The Kier molecular flexibility index (Phi) is 4.38. The molecule has 0 spiro atoms. The van der Waals surface area contributed by atoms with Gasteiger partial charge in [0, 0.05) is 34.8 Å². The van der Waals surface area contributed by atoms with Crippen molar-refractivity contribution >= 4 is 41.1 Å². The SMILES string of the molecule is O=C(O)C1=CS[C@@H]2C(=Cc3cc4c(s3)CCN(Cc3ccccc3)C4)C(=O)N12. The summed E-state index contributed by atoms with van der Waals surface area (Å²) in [5, 5.41) is 10.5. The normalized spacial score (nSPS) is 22.6. The number of β-lactam (4-membered cyclic amide) rings is 1. The van der Waals surface area contributed by atoms with Gasteiger partial charge in [-0.15, -0.1) is 23.1 Å². The Morgan fingerprint density at radius 3 is 2.89 bits per heavy atom. The van der Waals surface area contributed by atoms with Crippen LogP contribution < -0.4 is 0 Å². The van der Waals surface area contributed by atoms with Crippen molar-refractivity contribution in [1.82, 2.24) is 9.80 Å². The summed E-state index contributed by atoms with van der Waals surface area (Å²) in [6, 6.07) is 12.7. The Bertz CT molecular complexity index is 1030. The van der Waals surface area contributed by atoms with Crippen LogP contribution in [0.25, 0.3) is 6.08 Å². The van der Waals surface area contributed by atoms with Crippen LogP contribution in [0.3, 0.4) is 0 Å². The molecule has 1 aromatic heterocycles. The number of hydrogen-bond acceptors (Lipinski definition) is 5. The van der Waals surface area contributed by atoms with Gasteiger partial charge in [0.25, 0.3) is 5.91 Å². The molecule has 28 heavy (non-hydrogen) atoms. The number of fused-ring (bicyclic) bond motifs is 2. The molecule has 0 saturated carbocycles. The second kappa shape index (κ2) is 6.92. The summed E-state index contributed by atoms with van der Waals surface area (Å²) in [4.78, 5) is 29.9. The second-order valence-corrected chi connectivity index (χ2v) is 9.24. The van der Waals surface area contributed by atoms with Crippen LogP contribution >= 0.6 is 23.1 Å². The number of benzene rings is 1. The predicted molar refractivity (Wildman–Crippen MR) is 110 cm³/mol. The summed E-state index contributed by atoms with van der Waals surface area (Å²) in [6.45, 7) is 2.91. The maximum absolute atomic E-state index is 12.4. The zero-order valence-corrected chi connectivity index (χ0v) is 16.6. The highest BCUT2D eigenvalue weighted by molar-refractivity contribution is 8.03. The minimum Gasteiger partial charge on any atom is -0.477 e. The summed E-state index contributed by atoms with van der Waals surface area (Å²) in [5.74, 6) is -1.24. The van der Waals surface area contributed by atoms with Gasteiger partial charge in [-0.2, -0.15) is 0 Å². The first-order valence-corrected chi connectivity index (χ1v) is 10.9. The highest BCUT2D eigenvalue weighted by Gasteiger charge is 2.49. The van der Waals surface area contributed by atoms with E-state index in [9.17, 15) is 14.7 Å². The van der Waals surface area contributed by atoms with E-state index in [-0.39, 0.29) is 17.0 Å². The second-order valence-electron chi connectivity index (χ2n) is 7.11. The largest absolute Gasteiger partial charge is 0.477 e. The minimum absolute atomic E-state index is 0.0826. The Balaban J connectivity index is 1.30. The Morgan fingerprint density at radius 2 is 2.11 bits per heavy atom. The molecule has 0 bridgehead atoms. The van der Waals surface area contributed by atoms with Gasteiger partial charge in [0.05, 0.1) is 5.57 Å². The summed E-state index contributed by atoms with van der Waals surface area (Å²) in [6.07, 6.45) is 2.97. The van der Waals surface area contributed by atoms with E-state index in [0.717, 1.165) is 30.9 Å². The van der Waals surface area contributed by atoms with Crippen LogP contribution in [0.2, 0.25) is 0 Å². The molecule has 0 aliphatic carbocycles.